The predicted molar refractivity (Wildman–Crippen MR) is 73.6 cm³/mol. The highest BCUT2D eigenvalue weighted by molar-refractivity contribution is 6.01. The van der Waals surface area contributed by atoms with Crippen LogP contribution in [0.25, 0.3) is 0 Å². The molecule has 5 N–H and O–H groups in total. The molecule has 9 nitrogen and oxygen atoms in total. The molecule has 9 heteroatoms. The molecule has 0 aromatic heterocycles. The van der Waals surface area contributed by atoms with Crippen molar-refractivity contribution in [3.05, 3.63) is 27.8 Å². The van der Waals surface area contributed by atoms with Crippen molar-refractivity contribution in [3.63, 3.8) is 0 Å². The number of nitrogens with two attached hydrogens (primary N) is 2. The highest BCUT2D eigenvalue weighted by Gasteiger charge is 2.22. The van der Waals surface area contributed by atoms with E-state index < -0.39 is 16.7 Å². The van der Waals surface area contributed by atoms with Gasteiger partial charge in [0, 0.05) is 20.2 Å². The third kappa shape index (κ3) is 3.13. The summed E-state index contributed by atoms with van der Waals surface area (Å²) in [5.74, 6) is -1.44. The molecule has 0 saturated carbocycles. The number of nitrogens with one attached hydrogen (secondary N) is 1. The van der Waals surface area contributed by atoms with Crippen LogP contribution in [0.4, 0.5) is 17.1 Å². The second-order valence-electron chi connectivity index (χ2n) is 4.08. The number of rotatable bonds is 6. The fourth-order valence-electron chi connectivity index (χ4n) is 1.76. The number of nitrogens with zero attached hydrogens (tertiary/aromatic N) is 2. The van der Waals surface area contributed by atoms with E-state index in [2.05, 4.69) is 5.32 Å². The van der Waals surface area contributed by atoms with Gasteiger partial charge in [0.25, 0.3) is 11.6 Å². The molecule has 2 amide bonds. The van der Waals surface area contributed by atoms with E-state index in [-0.39, 0.29) is 29.2 Å². The summed E-state index contributed by atoms with van der Waals surface area (Å²) in [6.45, 7) is -0.152. The van der Waals surface area contributed by atoms with Gasteiger partial charge >= 0.3 is 0 Å². The topological polar surface area (TPSA) is 145 Å². The monoisotopic (exact) mass is 281 g/mol. The van der Waals surface area contributed by atoms with E-state index in [0.29, 0.717) is 0 Å². The maximum atomic E-state index is 11.4. The predicted octanol–water partition coefficient (Wildman–Crippen LogP) is -0.343. The molecule has 1 aromatic rings. The molecular weight excluding hydrogens is 266 g/mol. The zero-order valence-electron chi connectivity index (χ0n) is 11.0. The van der Waals surface area contributed by atoms with Crippen molar-refractivity contribution < 1.29 is 14.5 Å². The number of likely N-dealkylation sites (N-methyl/N-ethyl adjacent to an activating group) is 1. The summed E-state index contributed by atoms with van der Waals surface area (Å²) < 4.78 is 0. The van der Waals surface area contributed by atoms with Gasteiger partial charge in [-0.25, -0.2) is 0 Å². The first-order valence-electron chi connectivity index (χ1n) is 5.57. The van der Waals surface area contributed by atoms with Gasteiger partial charge in [-0.2, -0.15) is 0 Å². The zero-order chi connectivity index (χ0) is 15.4. The van der Waals surface area contributed by atoms with Crippen LogP contribution >= 0.6 is 0 Å². The number of hydrogen-bond donors (Lipinski definition) is 3. The van der Waals surface area contributed by atoms with Crippen molar-refractivity contribution in [1.82, 2.24) is 0 Å². The summed E-state index contributed by atoms with van der Waals surface area (Å²) in [6, 6.07) is 2.45. The molecule has 0 bridgehead atoms. The van der Waals surface area contributed by atoms with Gasteiger partial charge in [-0.3, -0.25) is 19.7 Å². The van der Waals surface area contributed by atoms with E-state index in [4.69, 9.17) is 11.5 Å². The molecule has 0 aliphatic rings. The normalized spacial score (nSPS) is 9.90. The number of carbonyl (C=O) groups excluding carboxylic acids is 2. The maximum Gasteiger partial charge on any atom is 0.293 e. The number of nitro groups is 1. The highest BCUT2D eigenvalue weighted by Crippen LogP contribution is 2.32. The molecule has 0 unspecified atom stereocenters. The minimum atomic E-state index is -0.831. The van der Waals surface area contributed by atoms with E-state index in [1.807, 2.05) is 0 Å². The van der Waals surface area contributed by atoms with Crippen molar-refractivity contribution in [2.75, 3.05) is 30.9 Å². The second-order valence-corrected chi connectivity index (χ2v) is 4.08. The van der Waals surface area contributed by atoms with Crippen molar-refractivity contribution in [1.29, 1.82) is 0 Å². The molecule has 0 radical (unpaired) electrons. The van der Waals surface area contributed by atoms with E-state index in [9.17, 15) is 19.7 Å². The standard InChI is InChI=1S/C11H15N5O4/c1-14-7-4-8(15(2)5-10(12)17)6(11(13)18)3-9(7)16(19)20/h3-4,14H,5H2,1-2H3,(H2,12,17)(H2,13,18). The lowest BCUT2D eigenvalue weighted by Crippen LogP contribution is -2.32. The van der Waals surface area contributed by atoms with Gasteiger partial charge in [-0.15, -0.1) is 0 Å². The average Bonchev–Trinajstić information content (AvgIpc) is 2.35. The summed E-state index contributed by atoms with van der Waals surface area (Å²) in [5.41, 5.74) is 10.5. The number of primary amides is 2. The summed E-state index contributed by atoms with van der Waals surface area (Å²) >= 11 is 0. The van der Waals surface area contributed by atoms with Crippen LogP contribution in [-0.4, -0.2) is 37.4 Å². The Morgan fingerprint density at radius 1 is 1.40 bits per heavy atom. The van der Waals surface area contributed by atoms with Gasteiger partial charge < -0.3 is 21.7 Å². The van der Waals surface area contributed by atoms with Gasteiger partial charge in [-0.1, -0.05) is 0 Å². The average molecular weight is 281 g/mol. The number of nitro benzene ring substituents is 1. The molecule has 0 spiro atoms. The number of hydrogen-bond acceptors (Lipinski definition) is 6. The third-order valence-corrected chi connectivity index (χ3v) is 2.65. The number of amides is 2. The van der Waals surface area contributed by atoms with E-state index in [1.165, 1.54) is 25.1 Å². The Kier molecular flexibility index (Phi) is 4.46. The van der Waals surface area contributed by atoms with Crippen LogP contribution in [0.15, 0.2) is 12.1 Å². The Hall–Kier alpha value is -2.84. The van der Waals surface area contributed by atoms with Crippen molar-refractivity contribution in [2.24, 2.45) is 11.5 Å². The Labute approximate surface area is 114 Å². The van der Waals surface area contributed by atoms with Gasteiger partial charge in [0.1, 0.15) is 5.69 Å². The first kappa shape index (κ1) is 15.2. The van der Waals surface area contributed by atoms with Crippen LogP contribution in [-0.2, 0) is 4.79 Å². The molecule has 108 valence electrons. The Morgan fingerprint density at radius 2 is 2.00 bits per heavy atom. The lowest BCUT2D eigenvalue weighted by atomic mass is 10.1. The van der Waals surface area contributed by atoms with Gasteiger partial charge in [0.15, 0.2) is 0 Å². The molecule has 0 aliphatic carbocycles. The molecule has 0 saturated heterocycles. The van der Waals surface area contributed by atoms with Gasteiger partial charge in [0.05, 0.1) is 22.7 Å². The molecule has 0 heterocycles. The number of carbonyl (C=O) groups is 2. The van der Waals surface area contributed by atoms with Crippen molar-refractivity contribution in [2.45, 2.75) is 0 Å². The molecule has 0 atom stereocenters. The highest BCUT2D eigenvalue weighted by atomic mass is 16.6. The Morgan fingerprint density at radius 3 is 2.40 bits per heavy atom. The summed E-state index contributed by atoms with van der Waals surface area (Å²) in [6.07, 6.45) is 0. The van der Waals surface area contributed by atoms with E-state index in [1.54, 1.807) is 0 Å². The Bertz CT molecular complexity index is 572. The van der Waals surface area contributed by atoms with Crippen LogP contribution in [0.2, 0.25) is 0 Å². The van der Waals surface area contributed by atoms with Crippen molar-refractivity contribution >= 4 is 28.9 Å². The SMILES string of the molecule is CNc1cc(N(C)CC(N)=O)c(C(N)=O)cc1[N+](=O)[O-]. The summed E-state index contributed by atoms with van der Waals surface area (Å²) in [7, 11) is 3.03. The first-order chi connectivity index (χ1) is 9.27. The molecule has 20 heavy (non-hydrogen) atoms. The van der Waals surface area contributed by atoms with Gasteiger partial charge in [-0.05, 0) is 6.07 Å². The van der Waals surface area contributed by atoms with Gasteiger partial charge in [0.2, 0.25) is 5.91 Å². The smallest absolute Gasteiger partial charge is 0.293 e. The van der Waals surface area contributed by atoms with Crippen LogP contribution in [0.3, 0.4) is 0 Å². The third-order valence-electron chi connectivity index (χ3n) is 2.65. The molecule has 1 rings (SSSR count). The molecular formula is C11H15N5O4. The van der Waals surface area contributed by atoms with E-state index in [0.717, 1.165) is 6.07 Å². The maximum absolute atomic E-state index is 11.4. The minimum absolute atomic E-state index is 0.0561. The molecule has 0 aliphatic heterocycles. The fraction of sp³-hybridized carbons (Fsp3) is 0.273. The summed E-state index contributed by atoms with van der Waals surface area (Å²) in [4.78, 5) is 34.1. The minimum Gasteiger partial charge on any atom is -0.383 e. The van der Waals surface area contributed by atoms with Crippen molar-refractivity contribution in [3.8, 4) is 0 Å². The lowest BCUT2D eigenvalue weighted by Gasteiger charge is -2.20. The van der Waals surface area contributed by atoms with Crippen LogP contribution in [0, 0.1) is 10.1 Å². The largest absolute Gasteiger partial charge is 0.383 e. The number of anilines is 2. The first-order valence-corrected chi connectivity index (χ1v) is 5.57. The van der Waals surface area contributed by atoms with Crippen LogP contribution in [0.1, 0.15) is 10.4 Å². The zero-order valence-corrected chi connectivity index (χ0v) is 11.0. The molecule has 0 fully saturated rings. The molecule has 1 aromatic carbocycles. The van der Waals surface area contributed by atoms with Crippen LogP contribution < -0.4 is 21.7 Å². The Balaban J connectivity index is 3.45. The quantitative estimate of drug-likeness (QED) is 0.480. The van der Waals surface area contributed by atoms with E-state index >= 15 is 0 Å². The summed E-state index contributed by atoms with van der Waals surface area (Å²) in [5, 5.41) is 13.6. The van der Waals surface area contributed by atoms with Crippen LogP contribution in [0.5, 0.6) is 0 Å². The second kappa shape index (κ2) is 5.87. The fourth-order valence-corrected chi connectivity index (χ4v) is 1.76. The lowest BCUT2D eigenvalue weighted by molar-refractivity contribution is -0.383. The number of benzene rings is 1.